The second-order valence-corrected chi connectivity index (χ2v) is 11.9. The zero-order chi connectivity index (χ0) is 29.7. The number of hydrogen-bond acceptors (Lipinski definition) is 7. The van der Waals surface area contributed by atoms with E-state index in [0.29, 0.717) is 28.7 Å². The molecule has 2 bridgehead atoms. The predicted molar refractivity (Wildman–Crippen MR) is 157 cm³/mol. The van der Waals surface area contributed by atoms with Gasteiger partial charge in [-0.15, -0.1) is 0 Å². The summed E-state index contributed by atoms with van der Waals surface area (Å²) < 4.78 is 22.8. The van der Waals surface area contributed by atoms with Crippen molar-refractivity contribution in [3.8, 4) is 23.0 Å². The van der Waals surface area contributed by atoms with Crippen LogP contribution in [0.4, 0.5) is 0 Å². The lowest BCUT2D eigenvalue weighted by atomic mass is 9.80. The lowest BCUT2D eigenvalue weighted by molar-refractivity contribution is -0.162. The van der Waals surface area contributed by atoms with Crippen molar-refractivity contribution in [3.05, 3.63) is 72.8 Å². The number of phenols is 1. The smallest absolute Gasteiger partial charge is 0.338 e. The Kier molecular flexibility index (Phi) is 9.92. The third-order valence-corrected chi connectivity index (χ3v) is 8.25. The molecule has 2 aromatic carbocycles. The number of ether oxygens (including phenoxy) is 4. The minimum Gasteiger partial charge on any atom is -0.508 e. The molecule has 3 aliphatic rings. The van der Waals surface area contributed by atoms with Crippen LogP contribution in [0, 0.1) is 29.6 Å². The van der Waals surface area contributed by atoms with Crippen LogP contribution in [-0.2, 0) is 14.3 Å². The van der Waals surface area contributed by atoms with Crippen molar-refractivity contribution >= 4 is 11.9 Å². The van der Waals surface area contributed by atoms with Crippen LogP contribution in [0.5, 0.6) is 23.0 Å². The maximum Gasteiger partial charge on any atom is 0.338 e. The first-order valence-corrected chi connectivity index (χ1v) is 14.5. The molecule has 7 heteroatoms. The van der Waals surface area contributed by atoms with Crippen LogP contribution in [0.25, 0.3) is 0 Å². The third-order valence-electron chi connectivity index (χ3n) is 8.25. The Morgan fingerprint density at radius 1 is 0.780 bits per heavy atom. The zero-order valence-electron chi connectivity index (χ0n) is 24.5. The highest BCUT2D eigenvalue weighted by Crippen LogP contribution is 2.59. The molecule has 0 aromatic heterocycles. The summed E-state index contributed by atoms with van der Waals surface area (Å²) in [6.07, 6.45) is 6.87. The van der Waals surface area contributed by atoms with Gasteiger partial charge in [0.15, 0.2) is 0 Å². The van der Waals surface area contributed by atoms with Crippen LogP contribution in [0.3, 0.4) is 0 Å². The standard InChI is InChI=1S/C24H32O4.C10H10O3/c1-14(2)23(25)26-17-8-10-18(11-9-17)27-24(15(3)4)28-22-13-16-12-21(22)20-7-5-6-19(16)20;1-7(2)10(12)13-9-5-3-8(11)4-6-9/h8-11,15-16,19-22,24H,1,5-7,12-13H2,2-4H3;3-6,11H,1H2,2H3. The van der Waals surface area contributed by atoms with Gasteiger partial charge in [0, 0.05) is 17.1 Å². The summed E-state index contributed by atoms with van der Waals surface area (Å²) in [5.74, 6) is 4.59. The molecule has 5 rings (SSSR count). The van der Waals surface area contributed by atoms with Crippen molar-refractivity contribution in [2.24, 2.45) is 29.6 Å². The van der Waals surface area contributed by atoms with Gasteiger partial charge >= 0.3 is 11.9 Å². The molecule has 0 radical (unpaired) electrons. The molecule has 2 aromatic rings. The molecule has 6 unspecified atom stereocenters. The third kappa shape index (κ3) is 7.79. The second kappa shape index (κ2) is 13.4. The first kappa shape index (κ1) is 30.4. The number of phenolic OH excluding ortho intramolecular Hbond substituents is 1. The summed E-state index contributed by atoms with van der Waals surface area (Å²) in [6.45, 7) is 14.5. The average molecular weight is 563 g/mol. The molecule has 0 aliphatic heterocycles. The molecule has 0 amide bonds. The summed E-state index contributed by atoms with van der Waals surface area (Å²) in [7, 11) is 0. The van der Waals surface area contributed by atoms with E-state index in [1.807, 2.05) is 12.1 Å². The highest BCUT2D eigenvalue weighted by Gasteiger charge is 2.54. The molecule has 220 valence electrons. The number of carbonyl (C=O) groups is 2. The van der Waals surface area contributed by atoms with Crippen LogP contribution in [0.1, 0.15) is 59.8 Å². The number of rotatable bonds is 9. The Labute approximate surface area is 243 Å². The fraction of sp³-hybridized carbons (Fsp3) is 0.471. The van der Waals surface area contributed by atoms with Gasteiger partial charge in [0.25, 0.3) is 0 Å². The van der Waals surface area contributed by atoms with Crippen LogP contribution in [0.15, 0.2) is 72.8 Å². The molecule has 1 N–H and O–H groups in total. The molecule has 0 spiro atoms. The maximum absolute atomic E-state index is 11.6. The van der Waals surface area contributed by atoms with E-state index in [4.69, 9.17) is 24.1 Å². The van der Waals surface area contributed by atoms with Crippen molar-refractivity contribution in [2.75, 3.05) is 0 Å². The minimum absolute atomic E-state index is 0.134. The van der Waals surface area contributed by atoms with Gasteiger partial charge in [-0.1, -0.05) is 33.4 Å². The van der Waals surface area contributed by atoms with Crippen molar-refractivity contribution in [3.63, 3.8) is 0 Å². The van der Waals surface area contributed by atoms with Crippen LogP contribution in [-0.4, -0.2) is 29.4 Å². The van der Waals surface area contributed by atoms with Gasteiger partial charge in [0.1, 0.15) is 23.0 Å². The number of fused-ring (bicyclic) bond motifs is 5. The van der Waals surface area contributed by atoms with Crippen LogP contribution < -0.4 is 14.2 Å². The Morgan fingerprint density at radius 2 is 1.29 bits per heavy atom. The summed E-state index contributed by atoms with van der Waals surface area (Å²) in [4.78, 5) is 22.6. The Hall–Kier alpha value is -3.58. The van der Waals surface area contributed by atoms with Gasteiger partial charge in [-0.25, -0.2) is 9.59 Å². The van der Waals surface area contributed by atoms with Crippen molar-refractivity contribution in [1.29, 1.82) is 0 Å². The SMILES string of the molecule is C=C(C)C(=O)Oc1ccc(O)cc1.C=C(C)C(=O)Oc1ccc(OC(OC2CC3CC2C2CCCC32)C(C)C)cc1. The van der Waals surface area contributed by atoms with E-state index in [0.717, 1.165) is 29.4 Å². The first-order valence-electron chi connectivity index (χ1n) is 14.5. The van der Waals surface area contributed by atoms with Crippen molar-refractivity contribution in [1.82, 2.24) is 0 Å². The largest absolute Gasteiger partial charge is 0.508 e. The molecule has 0 saturated heterocycles. The molecule has 0 heterocycles. The molecule has 3 aliphatic carbocycles. The minimum atomic E-state index is -0.467. The topological polar surface area (TPSA) is 91.3 Å². The fourth-order valence-corrected chi connectivity index (χ4v) is 6.28. The van der Waals surface area contributed by atoms with E-state index in [1.165, 1.54) is 56.4 Å². The molecular weight excluding hydrogens is 520 g/mol. The van der Waals surface area contributed by atoms with Gasteiger partial charge in [0.2, 0.25) is 6.29 Å². The van der Waals surface area contributed by atoms with Crippen LogP contribution >= 0.6 is 0 Å². The highest BCUT2D eigenvalue weighted by molar-refractivity contribution is 5.89. The molecule has 6 atom stereocenters. The quantitative estimate of drug-likeness (QED) is 0.149. The van der Waals surface area contributed by atoms with Gasteiger partial charge < -0.3 is 24.1 Å². The number of aromatic hydroxyl groups is 1. The Morgan fingerprint density at radius 3 is 1.83 bits per heavy atom. The normalized spacial score (nSPS) is 24.6. The number of benzene rings is 2. The van der Waals surface area contributed by atoms with Gasteiger partial charge in [-0.2, -0.15) is 0 Å². The van der Waals surface area contributed by atoms with Crippen LogP contribution in [0.2, 0.25) is 0 Å². The lowest BCUT2D eigenvalue weighted by Gasteiger charge is -2.35. The highest BCUT2D eigenvalue weighted by atomic mass is 16.7. The zero-order valence-corrected chi connectivity index (χ0v) is 24.5. The van der Waals surface area contributed by atoms with Crippen molar-refractivity contribution < 1.29 is 33.6 Å². The number of hydrogen-bond donors (Lipinski definition) is 1. The van der Waals surface area contributed by atoms with E-state index in [2.05, 4.69) is 27.0 Å². The van der Waals surface area contributed by atoms with E-state index in [9.17, 15) is 9.59 Å². The van der Waals surface area contributed by atoms with Crippen molar-refractivity contribution in [2.45, 2.75) is 72.2 Å². The lowest BCUT2D eigenvalue weighted by Crippen LogP contribution is -2.37. The Bertz CT molecular complexity index is 1230. The van der Waals surface area contributed by atoms with Gasteiger partial charge in [-0.3, -0.25) is 0 Å². The maximum atomic E-state index is 11.6. The van der Waals surface area contributed by atoms with E-state index in [1.54, 1.807) is 26.0 Å². The Balaban J connectivity index is 0.000000251. The molecular formula is C34H42O7. The van der Waals surface area contributed by atoms with E-state index in [-0.39, 0.29) is 18.0 Å². The van der Waals surface area contributed by atoms with E-state index >= 15 is 0 Å². The van der Waals surface area contributed by atoms with E-state index < -0.39 is 11.9 Å². The van der Waals surface area contributed by atoms with Gasteiger partial charge in [0.05, 0.1) is 6.10 Å². The van der Waals surface area contributed by atoms with Gasteiger partial charge in [-0.05, 0) is 112 Å². The fourth-order valence-electron chi connectivity index (χ4n) is 6.28. The average Bonchev–Trinajstić information content (AvgIpc) is 3.65. The predicted octanol–water partition coefficient (Wildman–Crippen LogP) is 7.24. The number of carbonyl (C=O) groups excluding carboxylic acids is 2. The number of esters is 2. The first-order chi connectivity index (χ1) is 19.5. The molecule has 3 saturated carbocycles. The summed E-state index contributed by atoms with van der Waals surface area (Å²) in [6, 6.07) is 13.1. The molecule has 3 fully saturated rings. The molecule has 7 nitrogen and oxygen atoms in total. The monoisotopic (exact) mass is 562 g/mol. The summed E-state index contributed by atoms with van der Waals surface area (Å²) in [5.41, 5.74) is 0.719. The second-order valence-electron chi connectivity index (χ2n) is 11.9. The molecule has 41 heavy (non-hydrogen) atoms. The summed E-state index contributed by atoms with van der Waals surface area (Å²) in [5, 5.41) is 8.94. The summed E-state index contributed by atoms with van der Waals surface area (Å²) >= 11 is 0.